The van der Waals surface area contributed by atoms with Crippen LogP contribution in [-0.4, -0.2) is 9.97 Å². The van der Waals surface area contributed by atoms with Gasteiger partial charge in [0.15, 0.2) is 11.4 Å². The second-order valence-electron chi connectivity index (χ2n) is 12.5. The van der Waals surface area contributed by atoms with Crippen molar-refractivity contribution in [3.63, 3.8) is 0 Å². The summed E-state index contributed by atoms with van der Waals surface area (Å²) in [5, 5.41) is 7.39. The third-order valence-electron chi connectivity index (χ3n) is 9.70. The van der Waals surface area contributed by atoms with Gasteiger partial charge in [0.2, 0.25) is 0 Å². The van der Waals surface area contributed by atoms with Crippen LogP contribution in [0.3, 0.4) is 0 Å². The number of fused-ring (bicyclic) bond motifs is 11. The van der Waals surface area contributed by atoms with Gasteiger partial charge in [0.05, 0.1) is 0 Å². The van der Waals surface area contributed by atoms with Crippen LogP contribution in [0, 0.1) is 0 Å². The quantitative estimate of drug-likeness (QED) is 0.195. The van der Waals surface area contributed by atoms with Crippen molar-refractivity contribution in [2.45, 2.75) is 0 Å². The van der Waals surface area contributed by atoms with Crippen molar-refractivity contribution < 1.29 is 13.3 Å². The molecule has 5 heteroatoms. The van der Waals surface area contributed by atoms with E-state index < -0.39 is 0 Å². The summed E-state index contributed by atoms with van der Waals surface area (Å²) in [4.78, 5) is 10.5. The zero-order valence-electron chi connectivity index (χ0n) is 26.0. The molecule has 0 unspecified atom stereocenters. The Morgan fingerprint density at radius 1 is 0.367 bits per heavy atom. The summed E-state index contributed by atoms with van der Waals surface area (Å²) in [7, 11) is 0. The molecule has 11 rings (SSSR count). The highest BCUT2D eigenvalue weighted by atomic mass is 16.3. The second-order valence-corrected chi connectivity index (χ2v) is 12.5. The van der Waals surface area contributed by atoms with Crippen molar-refractivity contribution in [2.75, 3.05) is 0 Å². The molecule has 0 aliphatic rings. The van der Waals surface area contributed by atoms with E-state index in [0.29, 0.717) is 17.1 Å². The van der Waals surface area contributed by atoms with Gasteiger partial charge in [0.1, 0.15) is 39.1 Å². The fourth-order valence-electron chi connectivity index (χ4n) is 7.42. The lowest BCUT2D eigenvalue weighted by Crippen LogP contribution is -1.95. The Kier molecular flexibility index (Phi) is 5.32. The van der Waals surface area contributed by atoms with Gasteiger partial charge in [-0.2, -0.15) is 0 Å². The van der Waals surface area contributed by atoms with Crippen LogP contribution in [-0.2, 0) is 0 Å². The molecule has 0 aliphatic carbocycles. The Morgan fingerprint density at radius 3 is 1.88 bits per heavy atom. The first kappa shape index (κ1) is 26.4. The molecule has 0 aliphatic heterocycles. The summed E-state index contributed by atoms with van der Waals surface area (Å²) in [6.45, 7) is 0. The van der Waals surface area contributed by atoms with E-state index in [2.05, 4.69) is 103 Å². The molecule has 228 valence electrons. The van der Waals surface area contributed by atoms with E-state index in [4.69, 9.17) is 23.2 Å². The summed E-state index contributed by atoms with van der Waals surface area (Å²) < 4.78 is 19.3. The van der Waals surface area contributed by atoms with Crippen LogP contribution in [0.4, 0.5) is 0 Å². The zero-order chi connectivity index (χ0) is 32.1. The molecule has 4 aromatic heterocycles. The lowest BCUT2D eigenvalue weighted by Gasteiger charge is -2.10. The van der Waals surface area contributed by atoms with Crippen LogP contribution in [0.2, 0.25) is 0 Å². The van der Waals surface area contributed by atoms with Crippen molar-refractivity contribution in [1.82, 2.24) is 9.97 Å². The Morgan fingerprint density at radius 2 is 1.02 bits per heavy atom. The predicted molar refractivity (Wildman–Crippen MR) is 198 cm³/mol. The van der Waals surface area contributed by atoms with E-state index in [9.17, 15) is 0 Å². The number of aromatic nitrogens is 2. The lowest BCUT2D eigenvalue weighted by molar-refractivity contribution is 0.666. The van der Waals surface area contributed by atoms with Crippen LogP contribution >= 0.6 is 0 Å². The molecule has 49 heavy (non-hydrogen) atoms. The molecule has 0 bridgehead atoms. The summed E-state index contributed by atoms with van der Waals surface area (Å²) in [6.07, 6.45) is 0. The monoisotopic (exact) mass is 628 g/mol. The average molecular weight is 629 g/mol. The highest BCUT2D eigenvalue weighted by Gasteiger charge is 2.22. The summed E-state index contributed by atoms with van der Waals surface area (Å²) in [5.41, 5.74) is 10.3. The number of rotatable bonds is 3. The average Bonchev–Trinajstić information content (AvgIpc) is 3.85. The van der Waals surface area contributed by atoms with Gasteiger partial charge in [-0.1, -0.05) is 97.1 Å². The molecular weight excluding hydrogens is 604 g/mol. The second kappa shape index (κ2) is 9.89. The zero-order valence-corrected chi connectivity index (χ0v) is 26.0. The van der Waals surface area contributed by atoms with Crippen LogP contribution in [0.15, 0.2) is 159 Å². The highest BCUT2D eigenvalue weighted by Crippen LogP contribution is 2.43. The molecule has 7 aromatic carbocycles. The molecule has 4 heterocycles. The van der Waals surface area contributed by atoms with Gasteiger partial charge < -0.3 is 13.3 Å². The van der Waals surface area contributed by atoms with Crippen LogP contribution in [0.1, 0.15) is 0 Å². The normalized spacial score (nSPS) is 12.1. The molecule has 0 atom stereocenters. The standard InChI is InChI=1S/C44H24N2O3/c1-2-10-25(11-3-1)26-19-21-37-34(22-26)40-31-14-5-4-12-28(31)33(24-39(40)48-37)44-45-41(43-42(46-44)32-15-7-9-17-36(32)49-43)27-18-20-30-29-13-6-8-16-35(29)47-38(30)23-27/h1-24H. The van der Waals surface area contributed by atoms with Crippen LogP contribution in [0.25, 0.3) is 110 Å². The topological polar surface area (TPSA) is 65.2 Å². The Hall–Kier alpha value is -6.72. The molecule has 0 fully saturated rings. The van der Waals surface area contributed by atoms with Crippen LogP contribution < -0.4 is 0 Å². The minimum Gasteiger partial charge on any atom is -0.456 e. The van der Waals surface area contributed by atoms with Crippen molar-refractivity contribution >= 4 is 76.7 Å². The third-order valence-corrected chi connectivity index (χ3v) is 9.70. The van der Waals surface area contributed by atoms with Crippen molar-refractivity contribution in [1.29, 1.82) is 0 Å². The molecule has 5 nitrogen and oxygen atoms in total. The fraction of sp³-hybridized carbons (Fsp3) is 0. The SMILES string of the molecule is c1ccc(-c2ccc3oc4cc(-c5nc(-c6ccc7c(c6)oc6ccccc67)c6oc7ccccc7c6n5)c5ccccc5c4c3c2)cc1. The Balaban J connectivity index is 1.19. The highest BCUT2D eigenvalue weighted by molar-refractivity contribution is 6.22. The summed E-state index contributed by atoms with van der Waals surface area (Å²) in [5.74, 6) is 0.599. The van der Waals surface area contributed by atoms with E-state index in [-0.39, 0.29) is 0 Å². The smallest absolute Gasteiger partial charge is 0.180 e. The van der Waals surface area contributed by atoms with Gasteiger partial charge in [-0.15, -0.1) is 0 Å². The van der Waals surface area contributed by atoms with Crippen molar-refractivity contribution in [3.8, 4) is 33.8 Å². The number of furan rings is 3. The maximum atomic E-state index is 6.56. The van der Waals surface area contributed by atoms with Gasteiger partial charge in [-0.25, -0.2) is 9.97 Å². The lowest BCUT2D eigenvalue weighted by atomic mass is 9.97. The number of nitrogens with zero attached hydrogens (tertiary/aromatic N) is 2. The van der Waals surface area contributed by atoms with Crippen molar-refractivity contribution in [3.05, 3.63) is 146 Å². The van der Waals surface area contributed by atoms with Gasteiger partial charge in [0.25, 0.3) is 0 Å². The largest absolute Gasteiger partial charge is 0.456 e. The molecule has 0 amide bonds. The molecule has 11 aromatic rings. The Labute approximate surface area is 278 Å². The Bertz CT molecular complexity index is 3110. The minimum absolute atomic E-state index is 0.599. The molecule has 0 radical (unpaired) electrons. The van der Waals surface area contributed by atoms with E-state index in [1.165, 1.54) is 5.56 Å². The van der Waals surface area contributed by atoms with E-state index >= 15 is 0 Å². The molecular formula is C44H24N2O3. The number of hydrogen-bond donors (Lipinski definition) is 0. The van der Waals surface area contributed by atoms with Gasteiger partial charge in [-0.05, 0) is 70.4 Å². The number of benzene rings is 7. The molecule has 0 saturated heterocycles. The maximum Gasteiger partial charge on any atom is 0.180 e. The first-order valence-corrected chi connectivity index (χ1v) is 16.3. The van der Waals surface area contributed by atoms with E-state index in [1.54, 1.807) is 0 Å². The van der Waals surface area contributed by atoms with Crippen molar-refractivity contribution in [2.24, 2.45) is 0 Å². The van der Waals surface area contributed by atoms with Gasteiger partial charge >= 0.3 is 0 Å². The molecule has 0 spiro atoms. The molecule has 0 N–H and O–H groups in total. The number of hydrogen-bond acceptors (Lipinski definition) is 5. The van der Waals surface area contributed by atoms with E-state index in [0.717, 1.165) is 87.8 Å². The molecule has 0 saturated carbocycles. The van der Waals surface area contributed by atoms with Crippen LogP contribution in [0.5, 0.6) is 0 Å². The third kappa shape index (κ3) is 3.87. The van der Waals surface area contributed by atoms with Gasteiger partial charge in [0, 0.05) is 38.1 Å². The minimum atomic E-state index is 0.599. The van der Waals surface area contributed by atoms with E-state index in [1.807, 2.05) is 42.5 Å². The first-order valence-electron chi connectivity index (χ1n) is 16.3. The van der Waals surface area contributed by atoms with Gasteiger partial charge in [-0.3, -0.25) is 0 Å². The maximum absolute atomic E-state index is 6.56. The summed E-state index contributed by atoms with van der Waals surface area (Å²) >= 11 is 0. The number of para-hydroxylation sites is 2. The fourth-order valence-corrected chi connectivity index (χ4v) is 7.42. The summed E-state index contributed by atoms with van der Waals surface area (Å²) in [6, 6.07) is 49.8. The predicted octanol–water partition coefficient (Wildman–Crippen LogP) is 12.3. The first-order chi connectivity index (χ1) is 24.3.